The highest BCUT2D eigenvalue weighted by Gasteiger charge is 2.56. The Kier molecular flexibility index (Phi) is 26.2. The number of aryl methyl sites for hydroxylation is 3. The Bertz CT molecular complexity index is 4080. The van der Waals surface area contributed by atoms with Crippen LogP contribution in [-0.4, -0.2) is 243 Å². The van der Waals surface area contributed by atoms with Crippen molar-refractivity contribution in [2.75, 3.05) is 119 Å². The normalized spacial score (nSPS) is 28.4. The smallest absolute Gasteiger partial charge is 0.394 e. The number of aliphatic hydroxyl groups excluding tert-OH is 1. The van der Waals surface area contributed by atoms with Crippen molar-refractivity contribution in [2.45, 2.75) is 119 Å². The fourth-order valence-electron chi connectivity index (χ4n) is 10.9. The predicted molar refractivity (Wildman–Crippen MR) is 335 cm³/mol. The lowest BCUT2D eigenvalue weighted by Gasteiger charge is -2.29. The van der Waals surface area contributed by atoms with Gasteiger partial charge in [0.25, 0.3) is 16.7 Å². The van der Waals surface area contributed by atoms with Gasteiger partial charge in [0.2, 0.25) is 5.95 Å². The summed E-state index contributed by atoms with van der Waals surface area (Å²) in [5.41, 5.74) is 6.98. The van der Waals surface area contributed by atoms with Gasteiger partial charge in [0, 0.05) is 70.1 Å². The number of nitrogen functional groups attached to an aromatic ring is 2. The van der Waals surface area contributed by atoms with Gasteiger partial charge < -0.3 is 92.6 Å². The molecule has 46 heteroatoms. The van der Waals surface area contributed by atoms with Gasteiger partial charge in [0.15, 0.2) is 36.1 Å². The molecule has 0 spiro atoms. The Balaban J connectivity index is 0.999. The molecule has 18 atom stereocenters. The van der Waals surface area contributed by atoms with Crippen molar-refractivity contribution in [3.8, 4) is 0 Å². The molecule has 11 N–H and O–H groups in total. The second-order valence-corrected chi connectivity index (χ2v) is 28.0. The molecule has 546 valence electrons. The van der Waals surface area contributed by atoms with Gasteiger partial charge in [-0.3, -0.25) is 70.2 Å². The lowest BCUT2D eigenvalue weighted by molar-refractivity contribution is -0.0851. The van der Waals surface area contributed by atoms with Gasteiger partial charge in [0.1, 0.15) is 66.9 Å². The number of methoxy groups -OCH3 is 4. The highest BCUT2D eigenvalue weighted by atomic mass is 32.5. The van der Waals surface area contributed by atoms with Gasteiger partial charge in [-0.05, 0) is 32.6 Å². The Morgan fingerprint density at radius 3 is 1.52 bits per heavy atom. The number of phosphoric ester groups is 2. The minimum atomic E-state index is -5.71. The highest BCUT2D eigenvalue weighted by molar-refractivity contribution is 8.07. The standard InChI is InChI=1S/C52H77N12O30P3S/c1-25-17-61(50(69)56-40(25)53)47-39(84-15-11-80-7)36(32(91-47)23-87-97(76,98)94-34-30(20-65)89-46(37(34)82-13-9-78-5)62-18-26(2)42(66)59-51(62)70)93-96(74,75)86-22-31-35(38(83-14-10-79-6)48(90-31)63-19-27(3)43(67)60-52(63)71)92-95(72,73)85-21-28-16-29(81-12-8-77-4)45(88-28)64-24-55-33-41(64)57-49(54)58-44(33)68/h17-19,24,28-32,34-39,45-48,65H,8-16,20-23H2,1-7H3,(H,72,73)(H,74,75)(H,76,98)(H2,53,56,69)(H,59,66,70)(H,60,67,71)(H3,54,57,58,68)/t28-,29-,30+,31+,32+,34-,35-,36-,37?,38?,39?,45+,46+,47+,48+,97?/m0/s1. The van der Waals surface area contributed by atoms with Crippen LogP contribution < -0.4 is 45.2 Å². The topological polar surface area (TPSA) is 541 Å². The summed E-state index contributed by atoms with van der Waals surface area (Å²) in [6, 6.07) is 0. The number of H-pyrrole nitrogens is 3. The number of imidazole rings is 1. The van der Waals surface area contributed by atoms with Gasteiger partial charge in [-0.1, -0.05) is 0 Å². The van der Waals surface area contributed by atoms with E-state index in [1.807, 2.05) is 0 Å². The van der Waals surface area contributed by atoms with Crippen LogP contribution >= 0.6 is 22.4 Å². The van der Waals surface area contributed by atoms with Gasteiger partial charge in [-0.15, -0.1) is 0 Å². The zero-order valence-electron chi connectivity index (χ0n) is 53.6. The molecule has 42 nitrogen and oxygen atoms in total. The average Bonchev–Trinajstić information content (AvgIpc) is 1.66. The first-order chi connectivity index (χ1) is 46.6. The number of phosphoric acid groups is 2. The molecule has 0 amide bonds. The van der Waals surface area contributed by atoms with E-state index < -0.39 is 175 Å². The number of fused-ring (bicyclic) bond motifs is 1. The molecule has 4 aliphatic rings. The molecule has 0 saturated carbocycles. The number of nitrogens with zero attached hydrogens (tertiary/aromatic N) is 7. The molecule has 9 heterocycles. The second-order valence-electron chi connectivity index (χ2n) is 22.4. The maximum atomic E-state index is 14.8. The molecule has 9 rings (SSSR count). The van der Waals surface area contributed by atoms with E-state index in [0.717, 1.165) is 19.9 Å². The number of aliphatic hydroxyl groups is 1. The van der Waals surface area contributed by atoms with Crippen LogP contribution in [-0.2, 0) is 105 Å². The van der Waals surface area contributed by atoms with Crippen LogP contribution in [0.2, 0.25) is 0 Å². The van der Waals surface area contributed by atoms with Crippen molar-refractivity contribution in [3.05, 3.63) is 104 Å². The van der Waals surface area contributed by atoms with Crippen LogP contribution in [0.5, 0.6) is 0 Å². The molecule has 6 unspecified atom stereocenters. The highest BCUT2D eigenvalue weighted by Crippen LogP contribution is 2.55. The summed E-state index contributed by atoms with van der Waals surface area (Å²) in [4.78, 5) is 133. The first-order valence-electron chi connectivity index (χ1n) is 29.9. The zero-order chi connectivity index (χ0) is 71.0. The van der Waals surface area contributed by atoms with Gasteiger partial charge in [-0.25, -0.2) is 28.5 Å². The maximum Gasteiger partial charge on any atom is 0.472 e. The molecule has 0 aromatic carbocycles. The number of aromatic nitrogens is 10. The van der Waals surface area contributed by atoms with E-state index >= 15 is 0 Å². The first-order valence-corrected chi connectivity index (χ1v) is 35.5. The fraction of sp³-hybridized carbons (Fsp3) is 0.673. The lowest BCUT2D eigenvalue weighted by atomic mass is 10.1. The van der Waals surface area contributed by atoms with Crippen molar-refractivity contribution in [1.29, 1.82) is 0 Å². The van der Waals surface area contributed by atoms with Gasteiger partial charge in [0.05, 0.1) is 91.7 Å². The van der Waals surface area contributed by atoms with E-state index in [9.17, 15) is 57.7 Å². The Morgan fingerprint density at radius 1 is 0.551 bits per heavy atom. The van der Waals surface area contributed by atoms with Gasteiger partial charge >= 0.3 is 39.4 Å². The molecule has 4 fully saturated rings. The van der Waals surface area contributed by atoms with Crippen LogP contribution in [0.1, 0.15) is 48.0 Å². The first kappa shape index (κ1) is 76.6. The number of hydrogen-bond donors (Lipinski definition) is 9. The summed E-state index contributed by atoms with van der Waals surface area (Å²) in [5.74, 6) is -0.396. The Hall–Kier alpha value is -5.58. The lowest BCUT2D eigenvalue weighted by Crippen LogP contribution is -2.42. The van der Waals surface area contributed by atoms with E-state index in [1.54, 1.807) is 0 Å². The third kappa shape index (κ3) is 18.4. The number of anilines is 2. The zero-order valence-corrected chi connectivity index (χ0v) is 57.1. The van der Waals surface area contributed by atoms with Crippen molar-refractivity contribution in [3.63, 3.8) is 0 Å². The van der Waals surface area contributed by atoms with Crippen molar-refractivity contribution in [1.82, 2.24) is 48.2 Å². The maximum absolute atomic E-state index is 14.8. The van der Waals surface area contributed by atoms with E-state index in [-0.39, 0.29) is 98.9 Å². The molecular weight excluding hydrogens is 1400 g/mol. The van der Waals surface area contributed by atoms with E-state index in [4.69, 9.17) is 107 Å². The summed E-state index contributed by atoms with van der Waals surface area (Å²) >= 11 is 5.50. The molecule has 0 aliphatic carbocycles. The van der Waals surface area contributed by atoms with E-state index in [0.29, 0.717) is 0 Å². The van der Waals surface area contributed by atoms with Crippen molar-refractivity contribution < 1.29 is 113 Å². The Labute approximate surface area is 558 Å². The molecule has 98 heavy (non-hydrogen) atoms. The van der Waals surface area contributed by atoms with Crippen LogP contribution in [0, 0.1) is 20.8 Å². The summed E-state index contributed by atoms with van der Waals surface area (Å²) in [6.45, 7) is -4.85. The third-order valence-electron chi connectivity index (χ3n) is 15.6. The molecular formula is C52H77N12O30P3S. The molecule has 0 radical (unpaired) electrons. The van der Waals surface area contributed by atoms with E-state index in [1.165, 1.54) is 72.5 Å². The number of rotatable bonds is 36. The van der Waals surface area contributed by atoms with Crippen molar-refractivity contribution in [2.24, 2.45) is 0 Å². The van der Waals surface area contributed by atoms with Crippen LogP contribution in [0.4, 0.5) is 11.8 Å². The van der Waals surface area contributed by atoms with Gasteiger partial charge in [-0.2, -0.15) is 9.97 Å². The largest absolute Gasteiger partial charge is 0.472 e. The van der Waals surface area contributed by atoms with Crippen LogP contribution in [0.3, 0.4) is 0 Å². The molecule has 0 bridgehead atoms. The van der Waals surface area contributed by atoms with Crippen LogP contribution in [0.15, 0.2) is 53.7 Å². The van der Waals surface area contributed by atoms with Crippen LogP contribution in [0.25, 0.3) is 11.2 Å². The monoisotopic (exact) mass is 1470 g/mol. The molecule has 5 aromatic rings. The van der Waals surface area contributed by atoms with E-state index in [2.05, 4.69) is 29.9 Å². The number of nitrogens with one attached hydrogen (secondary N) is 3. The fourth-order valence-corrected chi connectivity index (χ4v) is 14.3. The number of hydrogen-bond acceptors (Lipinski definition) is 33. The van der Waals surface area contributed by atoms with Crippen molar-refractivity contribution >= 4 is 57.1 Å². The molecule has 4 saturated heterocycles. The molecule has 5 aromatic heterocycles. The summed E-state index contributed by atoms with van der Waals surface area (Å²) in [6.07, 6.45) is -18.0. The number of nitrogens with two attached hydrogens (primary N) is 2. The minimum Gasteiger partial charge on any atom is -0.394 e. The number of ether oxygens (including phenoxy) is 12. The Morgan fingerprint density at radius 2 is 1.01 bits per heavy atom. The summed E-state index contributed by atoms with van der Waals surface area (Å²) in [7, 11) is -5.65. The summed E-state index contributed by atoms with van der Waals surface area (Å²) < 4.78 is 138. The second kappa shape index (κ2) is 33.5. The molecule has 4 aliphatic heterocycles. The minimum absolute atomic E-state index is 0.00591. The quantitative estimate of drug-likeness (QED) is 0.0145. The third-order valence-corrected chi connectivity index (χ3v) is 19.1. The predicted octanol–water partition coefficient (Wildman–Crippen LogP) is -2.71. The number of aromatic amines is 3. The summed E-state index contributed by atoms with van der Waals surface area (Å²) in [5, 5.41) is 10.6. The SMILES string of the molecule is COCCOC1[C@@H](OP(=O)(O)OC[C@H]2O[C@@H](n3cc(C)c(=O)[nH]c3=O)C(OCCOC)[C@H]2OP(=O)(O)OC[C@@H]2C[C@H](OCCOC)[C@H](n3cnc4c(=O)[nH]c(N)nc43)O2)[C@@H](COP(O)(=S)O[C@@H]2C(OCCOC)[C@H](n3cc(C)c(=O)[nH]c3=O)O[C@@H]2CO)O[C@H]1n1cc(C)c(N)nc1=O. The average molecular weight is 1480 g/mol.